The molecule has 1 aromatic carbocycles. The van der Waals surface area contributed by atoms with Crippen LogP contribution in [0.4, 0.5) is 4.39 Å². The van der Waals surface area contributed by atoms with Gasteiger partial charge in [0.05, 0.1) is 11.4 Å². The maximum absolute atomic E-state index is 13.1. The van der Waals surface area contributed by atoms with Gasteiger partial charge in [-0.25, -0.2) is 9.07 Å². The molecule has 3 rings (SSSR count). The van der Waals surface area contributed by atoms with Crippen molar-refractivity contribution in [1.82, 2.24) is 30.5 Å². The number of carbonyl (C=O) groups excluding carboxylic acids is 1. The molecule has 26 heavy (non-hydrogen) atoms. The van der Waals surface area contributed by atoms with Crippen molar-refractivity contribution in [1.29, 1.82) is 0 Å². The van der Waals surface area contributed by atoms with Crippen molar-refractivity contribution in [3.63, 3.8) is 0 Å². The van der Waals surface area contributed by atoms with Crippen LogP contribution in [0.25, 0.3) is 5.69 Å². The van der Waals surface area contributed by atoms with Gasteiger partial charge in [0.1, 0.15) is 11.9 Å². The Balaban J connectivity index is 1.84. The van der Waals surface area contributed by atoms with Crippen LogP contribution in [0.1, 0.15) is 47.8 Å². The van der Waals surface area contributed by atoms with Crippen LogP contribution in [0, 0.1) is 25.6 Å². The molecule has 1 unspecified atom stereocenters. The zero-order valence-corrected chi connectivity index (χ0v) is 14.9. The van der Waals surface area contributed by atoms with Crippen molar-refractivity contribution >= 4 is 5.91 Å². The molecule has 1 amide bonds. The second-order valence-corrected chi connectivity index (χ2v) is 6.29. The predicted molar refractivity (Wildman–Crippen MR) is 90.1 cm³/mol. The molecule has 0 saturated carbocycles. The fourth-order valence-electron chi connectivity index (χ4n) is 2.53. The van der Waals surface area contributed by atoms with Crippen molar-refractivity contribution in [3.05, 3.63) is 53.2 Å². The number of aromatic nitrogens is 5. The number of carbonyl (C=O) groups is 1. The molecule has 0 aliphatic rings. The fraction of sp³-hybridized carbons (Fsp3) is 0.353. The van der Waals surface area contributed by atoms with Crippen molar-refractivity contribution in [2.75, 3.05) is 0 Å². The van der Waals surface area contributed by atoms with E-state index in [1.54, 1.807) is 26.0 Å². The molecule has 0 aliphatic carbocycles. The molecule has 0 radical (unpaired) electrons. The Morgan fingerprint density at radius 3 is 2.50 bits per heavy atom. The Morgan fingerprint density at radius 1 is 1.23 bits per heavy atom. The molecule has 1 atom stereocenters. The van der Waals surface area contributed by atoms with Crippen LogP contribution in [0.2, 0.25) is 0 Å². The summed E-state index contributed by atoms with van der Waals surface area (Å²) in [5.41, 5.74) is 1.33. The van der Waals surface area contributed by atoms with E-state index in [1.165, 1.54) is 16.8 Å². The van der Waals surface area contributed by atoms with Gasteiger partial charge in [0, 0.05) is 0 Å². The van der Waals surface area contributed by atoms with Gasteiger partial charge < -0.3 is 9.84 Å². The molecule has 0 saturated heterocycles. The maximum Gasteiger partial charge on any atom is 0.274 e. The molecular formula is C17H19FN6O2. The summed E-state index contributed by atoms with van der Waals surface area (Å²) in [4.78, 5) is 16.9. The predicted octanol–water partition coefficient (Wildman–Crippen LogP) is 2.53. The minimum atomic E-state index is -0.445. The zero-order chi connectivity index (χ0) is 18.8. The minimum Gasteiger partial charge on any atom is -0.339 e. The molecule has 9 heteroatoms. The molecule has 0 bridgehead atoms. The third kappa shape index (κ3) is 3.46. The van der Waals surface area contributed by atoms with Gasteiger partial charge in [-0.2, -0.15) is 4.98 Å². The van der Waals surface area contributed by atoms with Gasteiger partial charge in [-0.3, -0.25) is 4.79 Å². The SMILES string of the molecule is Cc1noc(C(NC(=O)c2nnn(-c3ccc(F)cc3)c2C)C(C)C)n1. The first kappa shape index (κ1) is 17.7. The minimum absolute atomic E-state index is 0.0336. The Hall–Kier alpha value is -3.10. The quantitative estimate of drug-likeness (QED) is 0.752. The number of hydrogen-bond donors (Lipinski definition) is 1. The third-order valence-corrected chi connectivity index (χ3v) is 3.94. The van der Waals surface area contributed by atoms with Gasteiger partial charge >= 0.3 is 0 Å². The van der Waals surface area contributed by atoms with Crippen LogP contribution in [0.15, 0.2) is 28.8 Å². The third-order valence-electron chi connectivity index (χ3n) is 3.94. The van der Waals surface area contributed by atoms with E-state index in [0.717, 1.165) is 0 Å². The van der Waals surface area contributed by atoms with Gasteiger partial charge in [-0.15, -0.1) is 5.10 Å². The topological polar surface area (TPSA) is 98.7 Å². The first-order valence-corrected chi connectivity index (χ1v) is 8.16. The average molecular weight is 358 g/mol. The van der Waals surface area contributed by atoms with Crippen LogP contribution < -0.4 is 5.32 Å². The monoisotopic (exact) mass is 358 g/mol. The number of nitrogens with zero attached hydrogens (tertiary/aromatic N) is 5. The summed E-state index contributed by atoms with van der Waals surface area (Å²) in [5, 5.41) is 14.6. The maximum atomic E-state index is 13.1. The summed E-state index contributed by atoms with van der Waals surface area (Å²) in [6.07, 6.45) is 0. The number of rotatable bonds is 5. The highest BCUT2D eigenvalue weighted by molar-refractivity contribution is 5.93. The van der Waals surface area contributed by atoms with Gasteiger partial charge in [0.2, 0.25) is 5.89 Å². The van der Waals surface area contributed by atoms with Gasteiger partial charge in [0.25, 0.3) is 5.91 Å². The highest BCUT2D eigenvalue weighted by Crippen LogP contribution is 2.21. The summed E-state index contributed by atoms with van der Waals surface area (Å²) in [6, 6.07) is 5.33. The number of amides is 1. The highest BCUT2D eigenvalue weighted by Gasteiger charge is 2.27. The average Bonchev–Trinajstić information content (AvgIpc) is 3.19. The molecule has 1 N–H and O–H groups in total. The van der Waals surface area contributed by atoms with E-state index >= 15 is 0 Å². The summed E-state index contributed by atoms with van der Waals surface area (Å²) >= 11 is 0. The fourth-order valence-corrected chi connectivity index (χ4v) is 2.53. The second kappa shape index (κ2) is 7.03. The van der Waals surface area contributed by atoms with E-state index in [1.807, 2.05) is 13.8 Å². The van der Waals surface area contributed by atoms with E-state index in [2.05, 4.69) is 25.8 Å². The van der Waals surface area contributed by atoms with Crippen molar-refractivity contribution in [2.24, 2.45) is 5.92 Å². The lowest BCUT2D eigenvalue weighted by atomic mass is 10.0. The summed E-state index contributed by atoms with van der Waals surface area (Å²) in [6.45, 7) is 7.31. The number of aryl methyl sites for hydroxylation is 1. The van der Waals surface area contributed by atoms with E-state index in [0.29, 0.717) is 23.1 Å². The lowest BCUT2D eigenvalue weighted by Gasteiger charge is -2.17. The second-order valence-electron chi connectivity index (χ2n) is 6.29. The lowest BCUT2D eigenvalue weighted by molar-refractivity contribution is 0.0908. The van der Waals surface area contributed by atoms with Crippen LogP contribution in [-0.4, -0.2) is 31.0 Å². The molecular weight excluding hydrogens is 339 g/mol. The van der Waals surface area contributed by atoms with Gasteiger partial charge in [0.15, 0.2) is 11.5 Å². The standard InChI is InChI=1S/C17H19FN6O2/c1-9(2)14(17-19-11(4)22-26-17)20-16(25)15-10(3)24(23-21-15)13-7-5-12(18)6-8-13/h5-9,14H,1-4H3,(H,20,25). The number of hydrogen-bond acceptors (Lipinski definition) is 6. The Bertz CT molecular complexity index is 916. The lowest BCUT2D eigenvalue weighted by Crippen LogP contribution is -2.32. The summed E-state index contributed by atoms with van der Waals surface area (Å²) in [7, 11) is 0. The first-order valence-electron chi connectivity index (χ1n) is 8.16. The van der Waals surface area contributed by atoms with Crippen LogP contribution in [0.3, 0.4) is 0 Å². The largest absolute Gasteiger partial charge is 0.339 e. The number of halogens is 1. The van der Waals surface area contributed by atoms with Crippen molar-refractivity contribution in [3.8, 4) is 5.69 Å². The first-order chi connectivity index (χ1) is 12.4. The Labute approximate surface area is 149 Å². The van der Waals surface area contributed by atoms with Crippen LogP contribution in [-0.2, 0) is 0 Å². The van der Waals surface area contributed by atoms with Crippen LogP contribution in [0.5, 0.6) is 0 Å². The molecule has 2 heterocycles. The smallest absolute Gasteiger partial charge is 0.274 e. The number of benzene rings is 1. The molecule has 0 fully saturated rings. The number of nitrogens with one attached hydrogen (secondary N) is 1. The Morgan fingerprint density at radius 2 is 1.92 bits per heavy atom. The normalized spacial score (nSPS) is 12.4. The van der Waals surface area contributed by atoms with Crippen molar-refractivity contribution < 1.29 is 13.7 Å². The molecule has 2 aromatic heterocycles. The Kier molecular flexibility index (Phi) is 4.79. The van der Waals surface area contributed by atoms with Gasteiger partial charge in [-0.1, -0.05) is 24.2 Å². The van der Waals surface area contributed by atoms with E-state index in [9.17, 15) is 9.18 Å². The molecule has 8 nitrogen and oxygen atoms in total. The molecule has 0 aliphatic heterocycles. The van der Waals surface area contributed by atoms with Crippen molar-refractivity contribution in [2.45, 2.75) is 33.7 Å². The zero-order valence-electron chi connectivity index (χ0n) is 14.9. The molecule has 136 valence electrons. The summed E-state index contributed by atoms with van der Waals surface area (Å²) < 4.78 is 19.8. The highest BCUT2D eigenvalue weighted by atomic mass is 19.1. The van der Waals surface area contributed by atoms with E-state index in [4.69, 9.17) is 4.52 Å². The van der Waals surface area contributed by atoms with E-state index in [-0.39, 0.29) is 17.4 Å². The molecule has 3 aromatic rings. The van der Waals surface area contributed by atoms with Crippen LogP contribution >= 0.6 is 0 Å². The summed E-state index contributed by atoms with van der Waals surface area (Å²) in [5.74, 6) is 0.128. The van der Waals surface area contributed by atoms with Gasteiger partial charge in [-0.05, 0) is 44.0 Å². The van der Waals surface area contributed by atoms with E-state index < -0.39 is 11.9 Å². The molecule has 0 spiro atoms.